The number of benzene rings is 1. The van der Waals surface area contributed by atoms with Crippen molar-refractivity contribution in [2.45, 2.75) is 20.3 Å². The number of aromatic nitrogens is 1. The second-order valence-corrected chi connectivity index (χ2v) is 5.74. The van der Waals surface area contributed by atoms with Crippen LogP contribution >= 0.6 is 11.6 Å². The lowest BCUT2D eigenvalue weighted by Crippen LogP contribution is -3.11. The van der Waals surface area contributed by atoms with Crippen molar-refractivity contribution in [3.05, 3.63) is 35.0 Å². The van der Waals surface area contributed by atoms with Crippen LogP contribution in [0.25, 0.3) is 11.5 Å². The molecule has 122 valence electrons. The first-order chi connectivity index (χ1) is 11.2. The zero-order valence-electron chi connectivity index (χ0n) is 13.5. The van der Waals surface area contributed by atoms with E-state index in [1.54, 1.807) is 17.0 Å². The van der Waals surface area contributed by atoms with E-state index in [2.05, 4.69) is 30.2 Å². The summed E-state index contributed by atoms with van der Waals surface area (Å²) in [6, 6.07) is 9.30. The Morgan fingerprint density at radius 3 is 2.78 bits per heavy atom. The van der Waals surface area contributed by atoms with Crippen LogP contribution in [0.15, 0.2) is 28.7 Å². The van der Waals surface area contributed by atoms with E-state index in [-0.39, 0.29) is 5.69 Å². The Hall–Kier alpha value is -2.03. The zero-order chi connectivity index (χ0) is 16.7. The molecule has 23 heavy (non-hydrogen) atoms. The van der Waals surface area contributed by atoms with Gasteiger partial charge in [0.05, 0.1) is 19.6 Å². The average molecular weight is 334 g/mol. The molecular weight excluding hydrogens is 312 g/mol. The quantitative estimate of drug-likeness (QED) is 0.729. The average Bonchev–Trinajstić information content (AvgIpc) is 2.98. The largest absolute Gasteiger partial charge is 0.419 e. The summed E-state index contributed by atoms with van der Waals surface area (Å²) in [5.74, 6) is 0.831. The maximum absolute atomic E-state index is 9.21. The molecule has 0 unspecified atom stereocenters. The Balaban J connectivity index is 2.01. The van der Waals surface area contributed by atoms with Crippen molar-refractivity contribution in [3.8, 4) is 17.5 Å². The Bertz CT molecular complexity index is 673. The van der Waals surface area contributed by atoms with Crippen LogP contribution in [0.1, 0.15) is 26.0 Å². The first kappa shape index (κ1) is 17.3. The molecule has 1 heterocycles. The van der Waals surface area contributed by atoms with Crippen molar-refractivity contribution >= 4 is 17.5 Å². The molecule has 0 bridgehead atoms. The third-order valence-electron chi connectivity index (χ3n) is 3.80. The maximum Gasteiger partial charge on any atom is 0.232 e. The molecule has 2 rings (SSSR count). The summed E-state index contributed by atoms with van der Waals surface area (Å²) in [5.41, 5.74) is 1.03. The Morgan fingerprint density at radius 2 is 2.13 bits per heavy atom. The van der Waals surface area contributed by atoms with Crippen molar-refractivity contribution in [2.75, 3.05) is 31.5 Å². The first-order valence-electron chi connectivity index (χ1n) is 7.92. The minimum absolute atomic E-state index is 0.273. The number of nitriles is 1. The van der Waals surface area contributed by atoms with E-state index < -0.39 is 0 Å². The first-order valence-corrected chi connectivity index (χ1v) is 8.30. The third-order valence-corrected chi connectivity index (χ3v) is 4.03. The highest BCUT2D eigenvalue weighted by atomic mass is 35.5. The predicted octanol–water partition coefficient (Wildman–Crippen LogP) is 2.59. The van der Waals surface area contributed by atoms with Gasteiger partial charge in [-0.25, -0.2) is 0 Å². The van der Waals surface area contributed by atoms with Gasteiger partial charge in [0.25, 0.3) is 0 Å². The molecule has 5 nitrogen and oxygen atoms in total. The minimum atomic E-state index is 0.273. The normalized spacial score (nSPS) is 10.7. The SMILES string of the molecule is CC[NH+](CC)CCCNc1oc(-c2cccc(Cl)c2)nc1C#N. The lowest BCUT2D eigenvalue weighted by molar-refractivity contribution is -0.896. The maximum atomic E-state index is 9.21. The second kappa shape index (κ2) is 8.56. The minimum Gasteiger partial charge on any atom is -0.419 e. The molecule has 0 spiro atoms. The van der Waals surface area contributed by atoms with Crippen LogP contribution in [0.5, 0.6) is 0 Å². The van der Waals surface area contributed by atoms with E-state index in [4.69, 9.17) is 16.0 Å². The molecule has 0 aliphatic heterocycles. The third kappa shape index (κ3) is 4.72. The van der Waals surface area contributed by atoms with Gasteiger partial charge in [-0.3, -0.25) is 0 Å². The summed E-state index contributed by atoms with van der Waals surface area (Å²) in [6.07, 6.45) is 1.01. The smallest absolute Gasteiger partial charge is 0.232 e. The number of oxazole rings is 1. The molecule has 0 amide bonds. The van der Waals surface area contributed by atoms with Gasteiger partial charge in [-0.1, -0.05) is 17.7 Å². The fraction of sp³-hybridized carbons (Fsp3) is 0.412. The number of anilines is 1. The van der Waals surface area contributed by atoms with E-state index in [1.165, 1.54) is 0 Å². The van der Waals surface area contributed by atoms with Crippen molar-refractivity contribution in [2.24, 2.45) is 0 Å². The molecule has 0 aliphatic rings. The van der Waals surface area contributed by atoms with E-state index in [9.17, 15) is 5.26 Å². The molecule has 0 atom stereocenters. The lowest BCUT2D eigenvalue weighted by atomic mass is 10.2. The molecule has 0 fully saturated rings. The van der Waals surface area contributed by atoms with Gasteiger partial charge in [0, 0.05) is 23.6 Å². The summed E-state index contributed by atoms with van der Waals surface area (Å²) in [5, 5.41) is 13.0. The number of halogens is 1. The molecular formula is C17H22ClN4O+. The number of rotatable bonds is 8. The summed E-state index contributed by atoms with van der Waals surface area (Å²) in [6.45, 7) is 8.48. The van der Waals surface area contributed by atoms with Gasteiger partial charge in [0.1, 0.15) is 6.07 Å². The number of nitrogens with one attached hydrogen (secondary N) is 2. The van der Waals surface area contributed by atoms with Crippen LogP contribution in [0.2, 0.25) is 5.02 Å². The van der Waals surface area contributed by atoms with Gasteiger partial charge in [-0.2, -0.15) is 10.2 Å². The summed E-state index contributed by atoms with van der Waals surface area (Å²) < 4.78 is 5.70. The zero-order valence-corrected chi connectivity index (χ0v) is 14.3. The van der Waals surface area contributed by atoms with E-state index in [0.717, 1.165) is 38.2 Å². The highest BCUT2D eigenvalue weighted by Crippen LogP contribution is 2.26. The van der Waals surface area contributed by atoms with Gasteiger partial charge in [0.2, 0.25) is 17.5 Å². The van der Waals surface area contributed by atoms with E-state index in [0.29, 0.717) is 16.8 Å². The van der Waals surface area contributed by atoms with Crippen molar-refractivity contribution in [1.82, 2.24) is 4.98 Å². The van der Waals surface area contributed by atoms with Crippen LogP contribution in [-0.4, -0.2) is 31.2 Å². The summed E-state index contributed by atoms with van der Waals surface area (Å²) in [7, 11) is 0. The standard InChI is InChI=1S/C17H21ClN4O/c1-3-22(4-2)10-6-9-20-17-15(12-19)21-16(23-17)13-7-5-8-14(18)11-13/h5,7-8,11,20H,3-4,6,9-10H2,1-2H3/p+1. The molecule has 0 radical (unpaired) electrons. The molecule has 0 aliphatic carbocycles. The molecule has 1 aromatic carbocycles. The van der Waals surface area contributed by atoms with Crippen LogP contribution in [0, 0.1) is 11.3 Å². The van der Waals surface area contributed by atoms with Crippen molar-refractivity contribution in [3.63, 3.8) is 0 Å². The Kier molecular flexibility index (Phi) is 6.45. The molecule has 1 aromatic heterocycles. The van der Waals surface area contributed by atoms with Gasteiger partial charge in [-0.15, -0.1) is 0 Å². The summed E-state index contributed by atoms with van der Waals surface area (Å²) in [4.78, 5) is 5.79. The highest BCUT2D eigenvalue weighted by molar-refractivity contribution is 6.30. The molecule has 2 N–H and O–H groups in total. The highest BCUT2D eigenvalue weighted by Gasteiger charge is 2.14. The van der Waals surface area contributed by atoms with Crippen LogP contribution in [0.3, 0.4) is 0 Å². The predicted molar refractivity (Wildman–Crippen MR) is 91.7 cm³/mol. The van der Waals surface area contributed by atoms with Gasteiger partial charge in [0.15, 0.2) is 0 Å². The van der Waals surface area contributed by atoms with Crippen molar-refractivity contribution in [1.29, 1.82) is 5.26 Å². The van der Waals surface area contributed by atoms with Gasteiger partial charge >= 0.3 is 0 Å². The monoisotopic (exact) mass is 333 g/mol. The van der Waals surface area contributed by atoms with Crippen LogP contribution in [0.4, 0.5) is 5.88 Å². The van der Waals surface area contributed by atoms with Crippen molar-refractivity contribution < 1.29 is 9.32 Å². The Labute approximate surface area is 141 Å². The van der Waals surface area contributed by atoms with E-state index in [1.807, 2.05) is 12.1 Å². The number of hydrogen-bond donors (Lipinski definition) is 2. The lowest BCUT2D eigenvalue weighted by Gasteiger charge is -2.14. The summed E-state index contributed by atoms with van der Waals surface area (Å²) >= 11 is 5.98. The number of hydrogen-bond acceptors (Lipinski definition) is 4. The number of nitrogens with zero attached hydrogens (tertiary/aromatic N) is 2. The van der Waals surface area contributed by atoms with Gasteiger partial charge < -0.3 is 14.6 Å². The van der Waals surface area contributed by atoms with Gasteiger partial charge in [-0.05, 0) is 32.0 Å². The molecule has 0 saturated heterocycles. The number of quaternary nitrogens is 1. The molecule has 2 aromatic rings. The van der Waals surface area contributed by atoms with Crippen LogP contribution in [-0.2, 0) is 0 Å². The fourth-order valence-electron chi connectivity index (χ4n) is 2.40. The fourth-order valence-corrected chi connectivity index (χ4v) is 2.59. The molecule has 6 heteroatoms. The second-order valence-electron chi connectivity index (χ2n) is 5.31. The molecule has 0 saturated carbocycles. The van der Waals surface area contributed by atoms with E-state index >= 15 is 0 Å². The van der Waals surface area contributed by atoms with Crippen LogP contribution < -0.4 is 10.2 Å². The Morgan fingerprint density at radius 1 is 1.35 bits per heavy atom. The topological polar surface area (TPSA) is 66.3 Å².